The predicted octanol–water partition coefficient (Wildman–Crippen LogP) is -0.334. The maximum Gasteiger partial charge on any atom is 0.272 e. The summed E-state index contributed by atoms with van der Waals surface area (Å²) in [4.78, 5) is 37.5. The fourth-order valence-corrected chi connectivity index (χ4v) is 2.10. The second-order valence-corrected chi connectivity index (χ2v) is 4.79. The normalized spacial score (nSPS) is 12.7. The van der Waals surface area contributed by atoms with Gasteiger partial charge in [0.05, 0.1) is 5.69 Å². The first-order chi connectivity index (χ1) is 11.2. The van der Waals surface area contributed by atoms with E-state index in [0.717, 1.165) is 0 Å². The number of H-pyrrole nitrogens is 2. The van der Waals surface area contributed by atoms with Gasteiger partial charge in [0.15, 0.2) is 6.39 Å². The van der Waals surface area contributed by atoms with Gasteiger partial charge in [0.1, 0.15) is 22.2 Å². The van der Waals surface area contributed by atoms with Crippen molar-refractivity contribution in [1.82, 2.24) is 19.9 Å². The Kier molecular flexibility index (Phi) is 4.01. The Balaban J connectivity index is 2.14. The lowest BCUT2D eigenvalue weighted by Gasteiger charge is -1.93. The Hall–Kier alpha value is -3.22. The molecule has 0 aromatic carbocycles. The Labute approximate surface area is 130 Å². The second kappa shape index (κ2) is 6.27. The number of aryl methyl sites for hydroxylation is 1. The molecule has 0 aliphatic heterocycles. The molecule has 0 fully saturated rings. The average Bonchev–Trinajstić information content (AvgIpc) is 3.00. The van der Waals surface area contributed by atoms with E-state index in [1.807, 2.05) is 6.92 Å². The van der Waals surface area contributed by atoms with Gasteiger partial charge in [-0.25, -0.2) is 4.98 Å². The van der Waals surface area contributed by atoms with E-state index in [1.165, 1.54) is 18.5 Å². The molecular formula is C16H14N4O3. The minimum atomic E-state index is -0.420. The molecule has 0 amide bonds. The minimum Gasteiger partial charge on any atom is -0.448 e. The summed E-state index contributed by atoms with van der Waals surface area (Å²) in [5, 5.41) is 0.262. The zero-order valence-corrected chi connectivity index (χ0v) is 12.4. The molecule has 0 aliphatic rings. The zero-order chi connectivity index (χ0) is 16.2. The summed E-state index contributed by atoms with van der Waals surface area (Å²) in [5.74, 6) is 0.648. The van der Waals surface area contributed by atoms with Crippen LogP contribution in [0.4, 0.5) is 0 Å². The van der Waals surface area contributed by atoms with E-state index in [-0.39, 0.29) is 10.7 Å². The highest BCUT2D eigenvalue weighted by Gasteiger charge is 2.04. The van der Waals surface area contributed by atoms with E-state index in [2.05, 4.69) is 19.9 Å². The average molecular weight is 310 g/mol. The van der Waals surface area contributed by atoms with Crippen LogP contribution in [0.5, 0.6) is 0 Å². The van der Waals surface area contributed by atoms with Gasteiger partial charge in [-0.05, 0) is 24.3 Å². The Morgan fingerprint density at radius 2 is 1.83 bits per heavy atom. The molecule has 0 unspecified atom stereocenters. The van der Waals surface area contributed by atoms with Gasteiger partial charge in [0.2, 0.25) is 0 Å². The summed E-state index contributed by atoms with van der Waals surface area (Å²) in [7, 11) is 0. The maximum atomic E-state index is 12.2. The molecule has 0 aliphatic carbocycles. The lowest BCUT2D eigenvalue weighted by molar-refractivity contribution is 0.509. The van der Waals surface area contributed by atoms with Crippen molar-refractivity contribution in [3.05, 3.63) is 79.3 Å². The monoisotopic (exact) mass is 310 g/mol. The van der Waals surface area contributed by atoms with Crippen LogP contribution in [0.3, 0.4) is 0 Å². The van der Waals surface area contributed by atoms with Gasteiger partial charge in [0.25, 0.3) is 11.1 Å². The molecule has 0 bridgehead atoms. The second-order valence-electron chi connectivity index (χ2n) is 4.79. The number of hydrogen-bond donors (Lipinski definition) is 2. The van der Waals surface area contributed by atoms with Crippen LogP contribution in [0.2, 0.25) is 0 Å². The minimum absolute atomic E-state index is 0.122. The molecular weight excluding hydrogens is 296 g/mol. The molecule has 0 atom stereocenters. The highest BCUT2D eigenvalue weighted by molar-refractivity contribution is 5.45. The summed E-state index contributed by atoms with van der Waals surface area (Å²) in [6.07, 6.45) is 6.56. The van der Waals surface area contributed by atoms with E-state index in [1.54, 1.807) is 24.4 Å². The van der Waals surface area contributed by atoms with Gasteiger partial charge in [-0.3, -0.25) is 14.6 Å². The molecule has 116 valence electrons. The maximum absolute atomic E-state index is 12.2. The first-order valence-corrected chi connectivity index (χ1v) is 7.07. The van der Waals surface area contributed by atoms with Crippen molar-refractivity contribution in [3.63, 3.8) is 0 Å². The van der Waals surface area contributed by atoms with Crippen molar-refractivity contribution in [3.8, 4) is 0 Å². The van der Waals surface area contributed by atoms with Crippen molar-refractivity contribution in [2.45, 2.75) is 13.3 Å². The van der Waals surface area contributed by atoms with Gasteiger partial charge >= 0.3 is 0 Å². The van der Waals surface area contributed by atoms with E-state index < -0.39 is 11.1 Å². The smallest absolute Gasteiger partial charge is 0.272 e. The molecule has 3 heterocycles. The van der Waals surface area contributed by atoms with Crippen LogP contribution in [0.1, 0.15) is 24.1 Å². The van der Waals surface area contributed by atoms with E-state index in [9.17, 15) is 9.59 Å². The third-order valence-corrected chi connectivity index (χ3v) is 3.24. The lowest BCUT2D eigenvalue weighted by Crippen LogP contribution is -2.46. The fourth-order valence-electron chi connectivity index (χ4n) is 2.10. The largest absolute Gasteiger partial charge is 0.448 e. The molecule has 0 radical (unpaired) electrons. The van der Waals surface area contributed by atoms with Gasteiger partial charge in [-0.2, -0.15) is 0 Å². The quantitative estimate of drug-likeness (QED) is 0.689. The molecule has 3 aromatic heterocycles. The van der Waals surface area contributed by atoms with Crippen LogP contribution in [0.15, 0.2) is 44.8 Å². The molecule has 7 nitrogen and oxygen atoms in total. The van der Waals surface area contributed by atoms with Crippen LogP contribution in [0, 0.1) is 0 Å². The standard InChI is InChI=1S/C16H14N4O3/c1-2-14-11(18-9-23-14)8-13-16(22)19-12(15(21)20-13)7-10-5-3-4-6-17-10/h3-9H,2H2,1H3,(H,19,22)(H,20,21)/b12-7-,13-8-. The topological polar surface area (TPSA) is 105 Å². The van der Waals surface area contributed by atoms with Gasteiger partial charge in [0, 0.05) is 12.6 Å². The number of hydrogen-bond acceptors (Lipinski definition) is 5. The molecule has 7 heteroatoms. The third kappa shape index (κ3) is 3.18. The SMILES string of the molecule is CCc1ocnc1/C=c1\[nH]c(=O)/c(=C/c2ccccn2)[nH]c1=O. The Morgan fingerprint density at radius 1 is 1.09 bits per heavy atom. The summed E-state index contributed by atoms with van der Waals surface area (Å²) in [6.45, 7) is 1.91. The van der Waals surface area contributed by atoms with Crippen molar-refractivity contribution in [2.75, 3.05) is 0 Å². The number of oxazole rings is 1. The van der Waals surface area contributed by atoms with Crippen molar-refractivity contribution in [1.29, 1.82) is 0 Å². The number of nitrogens with one attached hydrogen (secondary N) is 2. The molecule has 0 spiro atoms. The van der Waals surface area contributed by atoms with Crippen LogP contribution in [0.25, 0.3) is 12.2 Å². The summed E-state index contributed by atoms with van der Waals surface area (Å²) in [5.41, 5.74) is 0.269. The molecule has 3 aromatic rings. The molecule has 3 rings (SSSR count). The van der Waals surface area contributed by atoms with Gasteiger partial charge < -0.3 is 14.4 Å². The van der Waals surface area contributed by atoms with Gasteiger partial charge in [-0.1, -0.05) is 13.0 Å². The number of rotatable bonds is 3. The van der Waals surface area contributed by atoms with Gasteiger partial charge in [-0.15, -0.1) is 0 Å². The first-order valence-electron chi connectivity index (χ1n) is 7.07. The summed E-state index contributed by atoms with van der Waals surface area (Å²) >= 11 is 0. The van der Waals surface area contributed by atoms with E-state index >= 15 is 0 Å². The van der Waals surface area contributed by atoms with E-state index in [4.69, 9.17) is 4.42 Å². The van der Waals surface area contributed by atoms with E-state index in [0.29, 0.717) is 23.6 Å². The van der Waals surface area contributed by atoms with Crippen LogP contribution in [-0.4, -0.2) is 19.9 Å². The van der Waals surface area contributed by atoms with Crippen LogP contribution < -0.4 is 21.8 Å². The fraction of sp³-hybridized carbons (Fsp3) is 0.125. The third-order valence-electron chi connectivity index (χ3n) is 3.24. The van der Waals surface area contributed by atoms with Crippen molar-refractivity contribution >= 4 is 12.2 Å². The van der Waals surface area contributed by atoms with Crippen molar-refractivity contribution in [2.24, 2.45) is 0 Å². The molecule has 0 saturated heterocycles. The molecule has 2 N–H and O–H groups in total. The Bertz CT molecular complexity index is 1050. The molecule has 0 saturated carbocycles. The Morgan fingerprint density at radius 3 is 2.48 bits per heavy atom. The highest BCUT2D eigenvalue weighted by Crippen LogP contribution is 2.06. The predicted molar refractivity (Wildman–Crippen MR) is 84.2 cm³/mol. The lowest BCUT2D eigenvalue weighted by atomic mass is 10.2. The first kappa shape index (κ1) is 14.7. The van der Waals surface area contributed by atoms with Crippen molar-refractivity contribution < 1.29 is 4.42 Å². The highest BCUT2D eigenvalue weighted by atomic mass is 16.3. The summed E-state index contributed by atoms with van der Waals surface area (Å²) in [6, 6.07) is 5.30. The summed E-state index contributed by atoms with van der Waals surface area (Å²) < 4.78 is 5.20. The van der Waals surface area contributed by atoms with Crippen LogP contribution in [-0.2, 0) is 6.42 Å². The number of aromatic amines is 2. The number of aromatic nitrogens is 4. The number of pyridine rings is 1. The van der Waals surface area contributed by atoms with Crippen LogP contribution >= 0.6 is 0 Å². The number of nitrogens with zero attached hydrogens (tertiary/aromatic N) is 2. The molecule has 23 heavy (non-hydrogen) atoms. The zero-order valence-electron chi connectivity index (χ0n) is 12.4.